The maximum Gasteiger partial charge on any atom is 0.319 e. The quantitative estimate of drug-likeness (QED) is 0.285. The molecule has 2 amide bonds. The lowest BCUT2D eigenvalue weighted by Crippen LogP contribution is -2.37. The summed E-state index contributed by atoms with van der Waals surface area (Å²) in [5.74, 6) is 1.49. The minimum atomic E-state index is -0.368. The molecule has 0 saturated carbocycles. The third kappa shape index (κ3) is 6.64. The highest BCUT2D eigenvalue weighted by Crippen LogP contribution is 2.32. The zero-order valence-electron chi connectivity index (χ0n) is 22.3. The Morgan fingerprint density at radius 1 is 1.00 bits per heavy atom. The van der Waals surface area contributed by atoms with Crippen molar-refractivity contribution in [2.75, 3.05) is 75.9 Å². The number of hydrogen-bond acceptors (Lipinski definition) is 9. The average molecular weight is 539 g/mol. The van der Waals surface area contributed by atoms with Crippen LogP contribution in [-0.4, -0.2) is 107 Å². The number of aliphatic hydroxyl groups is 2. The lowest BCUT2D eigenvalue weighted by molar-refractivity contribution is 0.122. The number of hydrogen-bond donors (Lipinski definition) is 4. The second-order valence-corrected chi connectivity index (χ2v) is 9.98. The first-order valence-electron chi connectivity index (χ1n) is 13.8. The van der Waals surface area contributed by atoms with Crippen LogP contribution in [0.5, 0.6) is 0 Å². The monoisotopic (exact) mass is 538 g/mol. The van der Waals surface area contributed by atoms with Gasteiger partial charge in [0.15, 0.2) is 11.5 Å². The van der Waals surface area contributed by atoms with E-state index in [-0.39, 0.29) is 31.8 Å². The second-order valence-electron chi connectivity index (χ2n) is 9.98. The Kier molecular flexibility index (Phi) is 9.19. The van der Waals surface area contributed by atoms with Gasteiger partial charge in [-0.2, -0.15) is 5.10 Å². The molecule has 2 aromatic heterocycles. The number of anilines is 2. The number of piperidine rings is 1. The molecule has 0 unspecified atom stereocenters. The normalized spacial score (nSPS) is 17.0. The fourth-order valence-electron chi connectivity index (χ4n) is 5.21. The van der Waals surface area contributed by atoms with Crippen molar-refractivity contribution in [2.45, 2.75) is 31.7 Å². The highest BCUT2D eigenvalue weighted by molar-refractivity contribution is 5.90. The van der Waals surface area contributed by atoms with E-state index in [0.29, 0.717) is 24.7 Å². The molecular formula is C27H38N8O4. The second kappa shape index (κ2) is 13.2. The molecule has 12 heteroatoms. The van der Waals surface area contributed by atoms with Crippen molar-refractivity contribution in [1.82, 2.24) is 30.0 Å². The molecule has 2 fully saturated rings. The molecule has 3 aromatic rings. The summed E-state index contributed by atoms with van der Waals surface area (Å²) in [6, 6.07) is 7.34. The van der Waals surface area contributed by atoms with Gasteiger partial charge >= 0.3 is 6.03 Å². The van der Waals surface area contributed by atoms with Gasteiger partial charge in [-0.1, -0.05) is 0 Å². The molecule has 0 aliphatic carbocycles. The number of morpholine rings is 1. The molecule has 39 heavy (non-hydrogen) atoms. The average Bonchev–Trinajstić information content (AvgIpc) is 3.41. The van der Waals surface area contributed by atoms with E-state index in [2.05, 4.69) is 25.1 Å². The maximum absolute atomic E-state index is 11.9. The smallest absolute Gasteiger partial charge is 0.319 e. The first-order valence-corrected chi connectivity index (χ1v) is 13.8. The van der Waals surface area contributed by atoms with E-state index >= 15 is 0 Å². The Morgan fingerprint density at radius 2 is 1.77 bits per heavy atom. The number of likely N-dealkylation sites (tertiary alicyclic amines) is 1. The number of benzene rings is 1. The predicted molar refractivity (Wildman–Crippen MR) is 149 cm³/mol. The molecule has 4 heterocycles. The number of nitrogens with zero attached hydrogens (tertiary/aromatic N) is 6. The molecule has 0 bridgehead atoms. The highest BCUT2D eigenvalue weighted by atomic mass is 16.5. The van der Waals surface area contributed by atoms with E-state index in [4.69, 9.17) is 30.0 Å². The zero-order chi connectivity index (χ0) is 27.0. The van der Waals surface area contributed by atoms with E-state index in [0.717, 1.165) is 80.8 Å². The molecule has 5 rings (SSSR count). The number of amides is 2. The summed E-state index contributed by atoms with van der Waals surface area (Å²) in [4.78, 5) is 26.7. The van der Waals surface area contributed by atoms with Crippen molar-refractivity contribution in [2.24, 2.45) is 0 Å². The van der Waals surface area contributed by atoms with Gasteiger partial charge in [0.2, 0.25) is 0 Å². The minimum absolute atomic E-state index is 0.113. The standard InChI is InChI=1S/C27H38N8O4/c36-15-2-1-10-33-11-7-22(8-12-33)35-26-23(19-29-35)25(34-13-17-39-18-14-34)31-24(32-26)20-3-5-21(6-4-20)30-27(38)28-9-16-37/h3-6,19,22,36-37H,1-2,7-18H2,(H2,28,30,38). The van der Waals surface area contributed by atoms with Crippen molar-refractivity contribution in [3.8, 4) is 11.4 Å². The molecule has 12 nitrogen and oxygen atoms in total. The Balaban J connectivity index is 1.40. The molecule has 0 spiro atoms. The Bertz CT molecular complexity index is 1220. The van der Waals surface area contributed by atoms with Crippen LogP contribution < -0.4 is 15.5 Å². The largest absolute Gasteiger partial charge is 0.396 e. The molecular weight excluding hydrogens is 500 g/mol. The van der Waals surface area contributed by atoms with Crippen molar-refractivity contribution in [3.63, 3.8) is 0 Å². The summed E-state index contributed by atoms with van der Waals surface area (Å²) < 4.78 is 7.67. The van der Waals surface area contributed by atoms with E-state index in [1.54, 1.807) is 0 Å². The Hall–Kier alpha value is -3.32. The summed E-state index contributed by atoms with van der Waals surface area (Å²) in [7, 11) is 0. The van der Waals surface area contributed by atoms with Crippen LogP contribution in [-0.2, 0) is 4.74 Å². The number of fused-ring (bicyclic) bond motifs is 1. The molecule has 1 aromatic carbocycles. The highest BCUT2D eigenvalue weighted by Gasteiger charge is 2.26. The molecule has 0 radical (unpaired) electrons. The fraction of sp³-hybridized carbons (Fsp3) is 0.556. The van der Waals surface area contributed by atoms with Gasteiger partial charge in [-0.05, 0) is 56.5 Å². The maximum atomic E-state index is 11.9. The summed E-state index contributed by atoms with van der Waals surface area (Å²) in [5, 5.41) is 29.1. The minimum Gasteiger partial charge on any atom is -0.396 e. The van der Waals surface area contributed by atoms with E-state index in [1.165, 1.54) is 0 Å². The SMILES string of the molecule is O=C(NCCO)Nc1ccc(-c2nc(N3CCOCC3)c3cnn(C4CCN(CCCCO)CC4)c3n2)cc1. The lowest BCUT2D eigenvalue weighted by Gasteiger charge is -2.32. The molecule has 2 aliphatic rings. The number of rotatable bonds is 10. The number of unbranched alkanes of at least 4 members (excludes halogenated alkanes) is 1. The van der Waals surface area contributed by atoms with Gasteiger partial charge in [0, 0.05) is 50.6 Å². The summed E-state index contributed by atoms with van der Waals surface area (Å²) in [5.41, 5.74) is 2.32. The van der Waals surface area contributed by atoms with Gasteiger partial charge < -0.3 is 35.4 Å². The van der Waals surface area contributed by atoms with Gasteiger partial charge in [-0.15, -0.1) is 0 Å². The van der Waals surface area contributed by atoms with Crippen molar-refractivity contribution >= 4 is 28.6 Å². The summed E-state index contributed by atoms with van der Waals surface area (Å²) in [6.45, 7) is 6.19. The van der Waals surface area contributed by atoms with Crippen LogP contribution in [0.2, 0.25) is 0 Å². The van der Waals surface area contributed by atoms with Crippen molar-refractivity contribution in [3.05, 3.63) is 30.5 Å². The number of nitrogens with one attached hydrogen (secondary N) is 2. The van der Waals surface area contributed by atoms with E-state index in [9.17, 15) is 4.79 Å². The van der Waals surface area contributed by atoms with Gasteiger partial charge in [-0.3, -0.25) is 0 Å². The van der Waals surface area contributed by atoms with Crippen LogP contribution in [0.25, 0.3) is 22.4 Å². The van der Waals surface area contributed by atoms with E-state index in [1.807, 2.05) is 30.5 Å². The fourth-order valence-corrected chi connectivity index (χ4v) is 5.21. The topological polar surface area (TPSA) is 141 Å². The molecule has 2 aliphatic heterocycles. The lowest BCUT2D eigenvalue weighted by atomic mass is 10.0. The van der Waals surface area contributed by atoms with Crippen molar-refractivity contribution in [1.29, 1.82) is 0 Å². The van der Waals surface area contributed by atoms with Gasteiger partial charge in [0.05, 0.1) is 37.4 Å². The number of ether oxygens (including phenoxy) is 1. The number of carbonyl (C=O) groups is 1. The number of aromatic nitrogens is 4. The van der Waals surface area contributed by atoms with Crippen LogP contribution in [0.3, 0.4) is 0 Å². The van der Waals surface area contributed by atoms with Gasteiger partial charge in [-0.25, -0.2) is 19.4 Å². The first kappa shape index (κ1) is 27.3. The summed E-state index contributed by atoms with van der Waals surface area (Å²) >= 11 is 0. The third-order valence-electron chi connectivity index (χ3n) is 7.33. The van der Waals surface area contributed by atoms with Crippen molar-refractivity contribution < 1.29 is 19.7 Å². The molecule has 2 saturated heterocycles. The summed E-state index contributed by atoms with van der Waals surface area (Å²) in [6.07, 6.45) is 5.77. The molecule has 210 valence electrons. The Labute approximate surface area is 228 Å². The van der Waals surface area contributed by atoms with Gasteiger partial charge in [0.25, 0.3) is 0 Å². The third-order valence-corrected chi connectivity index (χ3v) is 7.33. The number of urea groups is 1. The van der Waals surface area contributed by atoms with Crippen LogP contribution in [0, 0.1) is 0 Å². The van der Waals surface area contributed by atoms with Crippen LogP contribution in [0.15, 0.2) is 30.5 Å². The Morgan fingerprint density at radius 3 is 2.49 bits per heavy atom. The molecule has 0 atom stereocenters. The predicted octanol–water partition coefficient (Wildman–Crippen LogP) is 1.85. The first-order chi connectivity index (χ1) is 19.2. The van der Waals surface area contributed by atoms with Crippen LogP contribution >= 0.6 is 0 Å². The zero-order valence-corrected chi connectivity index (χ0v) is 22.3. The van der Waals surface area contributed by atoms with Gasteiger partial charge in [0.1, 0.15) is 5.82 Å². The molecule has 4 N–H and O–H groups in total. The van der Waals surface area contributed by atoms with Crippen LogP contribution in [0.1, 0.15) is 31.7 Å². The van der Waals surface area contributed by atoms with Crippen LogP contribution in [0.4, 0.5) is 16.3 Å². The number of carbonyl (C=O) groups excluding carboxylic acids is 1. The van der Waals surface area contributed by atoms with E-state index < -0.39 is 0 Å². The number of aliphatic hydroxyl groups excluding tert-OH is 2.